The molecule has 0 N–H and O–H groups in total. The number of hydrogen-bond donors (Lipinski definition) is 0. The lowest BCUT2D eigenvalue weighted by molar-refractivity contribution is 0.0527. The predicted octanol–water partition coefficient (Wildman–Crippen LogP) is 7.18. The van der Waals surface area contributed by atoms with E-state index in [0.29, 0.717) is 26.6 Å². The SMILES string of the molecule is CCOC(=O)c1cc(Br)cc2c(=O)cc(-c3cccc(OCc4ccc5ccc(Cl)cc5n4)c3)oc12. The maximum absolute atomic E-state index is 12.9. The molecule has 0 amide bonds. The first kappa shape index (κ1) is 24.0. The van der Waals surface area contributed by atoms with Gasteiger partial charge in [-0.05, 0) is 49.4 Å². The first-order valence-corrected chi connectivity index (χ1v) is 12.3. The fraction of sp³-hybridized carbons (Fsp3) is 0.107. The molecule has 0 unspecified atom stereocenters. The molecule has 0 aliphatic rings. The van der Waals surface area contributed by atoms with E-state index in [1.165, 1.54) is 6.07 Å². The van der Waals surface area contributed by atoms with Gasteiger partial charge in [-0.3, -0.25) is 4.79 Å². The van der Waals surface area contributed by atoms with Crippen molar-refractivity contribution in [3.05, 3.63) is 104 Å². The monoisotopic (exact) mass is 563 g/mol. The third-order valence-electron chi connectivity index (χ3n) is 5.51. The summed E-state index contributed by atoms with van der Waals surface area (Å²) in [6.07, 6.45) is 0. The zero-order valence-electron chi connectivity index (χ0n) is 19.1. The van der Waals surface area contributed by atoms with Gasteiger partial charge in [0, 0.05) is 26.5 Å². The smallest absolute Gasteiger partial charge is 0.341 e. The Hall–Kier alpha value is -3.68. The number of ether oxygens (including phenoxy) is 2. The number of fused-ring (bicyclic) bond motifs is 2. The lowest BCUT2D eigenvalue weighted by atomic mass is 10.1. The third-order valence-corrected chi connectivity index (χ3v) is 6.20. The highest BCUT2D eigenvalue weighted by Crippen LogP contribution is 2.30. The molecule has 0 atom stereocenters. The molecule has 6 nitrogen and oxygen atoms in total. The molecule has 5 aromatic rings. The minimum Gasteiger partial charge on any atom is -0.487 e. The van der Waals surface area contributed by atoms with Crippen molar-refractivity contribution in [2.75, 3.05) is 6.61 Å². The van der Waals surface area contributed by atoms with E-state index < -0.39 is 5.97 Å². The van der Waals surface area contributed by atoms with Crippen molar-refractivity contribution in [2.45, 2.75) is 13.5 Å². The molecule has 0 spiro atoms. The summed E-state index contributed by atoms with van der Waals surface area (Å²) in [6.45, 7) is 2.16. The van der Waals surface area contributed by atoms with Crippen LogP contribution in [0.4, 0.5) is 0 Å². The second-order valence-corrected chi connectivity index (χ2v) is 9.33. The van der Waals surface area contributed by atoms with E-state index >= 15 is 0 Å². The van der Waals surface area contributed by atoms with Crippen molar-refractivity contribution in [1.29, 1.82) is 0 Å². The van der Waals surface area contributed by atoms with Crippen molar-refractivity contribution in [1.82, 2.24) is 4.98 Å². The van der Waals surface area contributed by atoms with Gasteiger partial charge in [0.2, 0.25) is 0 Å². The van der Waals surface area contributed by atoms with E-state index in [1.54, 1.807) is 37.3 Å². The molecule has 0 saturated carbocycles. The molecule has 3 aromatic carbocycles. The lowest BCUT2D eigenvalue weighted by Crippen LogP contribution is -2.09. The summed E-state index contributed by atoms with van der Waals surface area (Å²) < 4.78 is 17.8. The predicted molar refractivity (Wildman–Crippen MR) is 143 cm³/mol. The van der Waals surface area contributed by atoms with Crippen LogP contribution < -0.4 is 10.2 Å². The highest BCUT2D eigenvalue weighted by molar-refractivity contribution is 9.10. The van der Waals surface area contributed by atoms with Crippen LogP contribution in [0.3, 0.4) is 0 Å². The van der Waals surface area contributed by atoms with Gasteiger partial charge >= 0.3 is 5.97 Å². The van der Waals surface area contributed by atoms with Crippen LogP contribution >= 0.6 is 27.5 Å². The van der Waals surface area contributed by atoms with Crippen LogP contribution in [0.1, 0.15) is 23.0 Å². The third kappa shape index (κ3) is 4.98. The minimum absolute atomic E-state index is 0.171. The van der Waals surface area contributed by atoms with Crippen LogP contribution in [0.5, 0.6) is 5.75 Å². The maximum Gasteiger partial charge on any atom is 0.341 e. The molecule has 0 fully saturated rings. The summed E-state index contributed by atoms with van der Waals surface area (Å²) in [6, 6.07) is 21.2. The van der Waals surface area contributed by atoms with E-state index in [4.69, 9.17) is 25.5 Å². The van der Waals surface area contributed by atoms with Crippen molar-refractivity contribution in [3.63, 3.8) is 0 Å². The van der Waals surface area contributed by atoms with Gasteiger partial charge < -0.3 is 13.9 Å². The fourth-order valence-electron chi connectivity index (χ4n) is 3.83. The average molecular weight is 565 g/mol. The number of carbonyl (C=O) groups is 1. The number of esters is 1. The molecule has 5 rings (SSSR count). The number of aromatic nitrogens is 1. The molecule has 36 heavy (non-hydrogen) atoms. The van der Waals surface area contributed by atoms with E-state index in [9.17, 15) is 9.59 Å². The zero-order chi connectivity index (χ0) is 25.2. The Bertz CT molecular complexity index is 1680. The van der Waals surface area contributed by atoms with Gasteiger partial charge in [0.25, 0.3) is 0 Å². The average Bonchev–Trinajstić information content (AvgIpc) is 2.87. The van der Waals surface area contributed by atoms with Gasteiger partial charge in [-0.2, -0.15) is 0 Å². The molecule has 2 aromatic heterocycles. The summed E-state index contributed by atoms with van der Waals surface area (Å²) in [5, 5.41) is 1.90. The number of rotatable bonds is 6. The molecular weight excluding hydrogens is 546 g/mol. The van der Waals surface area contributed by atoms with Crippen molar-refractivity contribution in [3.8, 4) is 17.1 Å². The molecule has 0 saturated heterocycles. The summed E-state index contributed by atoms with van der Waals surface area (Å²) in [5.74, 6) is 0.319. The standard InChI is InChI=1S/C28H19BrClNO5/c1-2-34-28(33)23-12-18(29)11-22-25(32)14-26(36-27(22)23)17-4-3-5-21(10-17)35-15-20-9-7-16-6-8-19(30)13-24(16)31-20/h3-14H,2,15H2,1H3. The van der Waals surface area contributed by atoms with E-state index in [-0.39, 0.29) is 35.2 Å². The molecule has 0 aliphatic heterocycles. The Morgan fingerprint density at radius 1 is 1.06 bits per heavy atom. The van der Waals surface area contributed by atoms with Gasteiger partial charge in [-0.1, -0.05) is 51.8 Å². The second kappa shape index (κ2) is 10.1. The number of halogens is 2. The zero-order valence-corrected chi connectivity index (χ0v) is 21.4. The summed E-state index contributed by atoms with van der Waals surface area (Å²) >= 11 is 9.43. The van der Waals surface area contributed by atoms with E-state index in [2.05, 4.69) is 20.9 Å². The first-order chi connectivity index (χ1) is 17.4. The lowest BCUT2D eigenvalue weighted by Gasteiger charge is -2.10. The highest BCUT2D eigenvalue weighted by Gasteiger charge is 2.18. The second-order valence-electron chi connectivity index (χ2n) is 7.98. The molecule has 180 valence electrons. The maximum atomic E-state index is 12.9. The van der Waals surface area contributed by atoms with Crippen LogP contribution in [0.2, 0.25) is 5.02 Å². The van der Waals surface area contributed by atoms with Crippen LogP contribution in [0, 0.1) is 0 Å². The van der Waals surface area contributed by atoms with Gasteiger partial charge in [-0.25, -0.2) is 9.78 Å². The molecule has 8 heteroatoms. The molecule has 0 bridgehead atoms. The van der Waals surface area contributed by atoms with Crippen LogP contribution in [-0.2, 0) is 11.3 Å². The molecular formula is C28H19BrClNO5. The van der Waals surface area contributed by atoms with Crippen LogP contribution in [-0.4, -0.2) is 17.6 Å². The summed E-state index contributed by atoms with van der Waals surface area (Å²) in [5.41, 5.74) is 2.24. The normalized spacial score (nSPS) is 11.1. The van der Waals surface area contributed by atoms with Gasteiger partial charge in [-0.15, -0.1) is 0 Å². The number of pyridine rings is 1. The first-order valence-electron chi connectivity index (χ1n) is 11.1. The van der Waals surface area contributed by atoms with Crippen molar-refractivity contribution in [2.24, 2.45) is 0 Å². The largest absolute Gasteiger partial charge is 0.487 e. The Labute approximate surface area is 219 Å². The summed E-state index contributed by atoms with van der Waals surface area (Å²) in [7, 11) is 0. The Kier molecular flexibility index (Phi) is 6.76. The molecule has 0 aliphatic carbocycles. The highest BCUT2D eigenvalue weighted by atomic mass is 79.9. The number of benzene rings is 3. The Morgan fingerprint density at radius 2 is 1.89 bits per heavy atom. The van der Waals surface area contributed by atoms with Crippen LogP contribution in [0.15, 0.2) is 86.5 Å². The number of carbonyl (C=O) groups excluding carboxylic acids is 1. The Morgan fingerprint density at radius 3 is 2.72 bits per heavy atom. The van der Waals surface area contributed by atoms with Crippen molar-refractivity contribution >= 4 is 55.4 Å². The molecule has 0 radical (unpaired) electrons. The topological polar surface area (TPSA) is 78.6 Å². The van der Waals surface area contributed by atoms with Gasteiger partial charge in [0.05, 0.1) is 23.2 Å². The quantitative estimate of drug-likeness (QED) is 0.203. The van der Waals surface area contributed by atoms with Gasteiger partial charge in [0.15, 0.2) is 11.0 Å². The number of hydrogen-bond acceptors (Lipinski definition) is 6. The fourth-order valence-corrected chi connectivity index (χ4v) is 4.46. The number of nitrogens with zero attached hydrogens (tertiary/aromatic N) is 1. The van der Waals surface area contributed by atoms with Gasteiger partial charge in [0.1, 0.15) is 23.7 Å². The summed E-state index contributed by atoms with van der Waals surface area (Å²) in [4.78, 5) is 30.0. The Balaban J connectivity index is 1.46. The van der Waals surface area contributed by atoms with E-state index in [1.807, 2.05) is 36.4 Å². The van der Waals surface area contributed by atoms with Crippen molar-refractivity contribution < 1.29 is 18.7 Å². The van der Waals surface area contributed by atoms with E-state index in [0.717, 1.165) is 16.6 Å². The minimum atomic E-state index is -0.564. The van der Waals surface area contributed by atoms with Crippen LogP contribution in [0.25, 0.3) is 33.2 Å². The molecule has 2 heterocycles.